The highest BCUT2D eigenvalue weighted by molar-refractivity contribution is 5.84. The first-order chi connectivity index (χ1) is 16.3. The first kappa shape index (κ1) is 22.9. The molecular formula is C26H27F3N2O3. The highest BCUT2D eigenvalue weighted by Crippen LogP contribution is 2.56. The zero-order chi connectivity index (χ0) is 23.9. The number of nitrogens with zero attached hydrogens (tertiary/aromatic N) is 2. The van der Waals surface area contributed by atoms with Gasteiger partial charge >= 0.3 is 0 Å². The molecule has 0 amide bonds. The van der Waals surface area contributed by atoms with Crippen LogP contribution in [0, 0.1) is 12.7 Å². The van der Waals surface area contributed by atoms with E-state index < -0.39 is 17.7 Å². The van der Waals surface area contributed by atoms with Gasteiger partial charge in [0.2, 0.25) is 0 Å². The molecule has 0 bridgehead atoms. The topological polar surface area (TPSA) is 53.5 Å². The van der Waals surface area contributed by atoms with E-state index in [9.17, 15) is 8.78 Å². The number of ether oxygens (including phenoxy) is 3. The zero-order valence-electron chi connectivity index (χ0n) is 19.2. The fraction of sp³-hybridized carbons (Fsp3) is 0.462. The van der Waals surface area contributed by atoms with E-state index >= 15 is 4.39 Å². The molecule has 180 valence electrons. The van der Waals surface area contributed by atoms with Crippen LogP contribution in [0.15, 0.2) is 30.3 Å². The second-order valence-corrected chi connectivity index (χ2v) is 9.05. The monoisotopic (exact) mass is 472 g/mol. The first-order valence-electron chi connectivity index (χ1n) is 11.6. The molecule has 5 rings (SSSR count). The summed E-state index contributed by atoms with van der Waals surface area (Å²) in [6.45, 7) is 5.55. The summed E-state index contributed by atoms with van der Waals surface area (Å²) in [7, 11) is 0. The Morgan fingerprint density at radius 2 is 1.76 bits per heavy atom. The minimum absolute atomic E-state index is 0.119. The summed E-state index contributed by atoms with van der Waals surface area (Å²) in [5.41, 5.74) is 2.17. The van der Waals surface area contributed by atoms with E-state index in [1.165, 1.54) is 6.07 Å². The minimum Gasteiger partial charge on any atom is -0.487 e. The van der Waals surface area contributed by atoms with Crippen LogP contribution in [0.25, 0.3) is 10.9 Å². The molecule has 0 N–H and O–H groups in total. The Bertz CT molecular complexity index is 1220. The summed E-state index contributed by atoms with van der Waals surface area (Å²) in [5, 5.41) is 0.854. The lowest BCUT2D eigenvalue weighted by Crippen LogP contribution is -2.08. The lowest BCUT2D eigenvalue weighted by atomic mass is 9.92. The standard InChI is InChI=1S/C26H27F3N2O3/c1-15(17-4-3-5-18(25(17)27)20-14-26(20,28)29)6-7-21-19-12-23-24(13-22(19)31-16(2)30-21)34-11-9-32-8-10-33-23/h3-5,12-13,15,20H,6-11,14H2,1-2H3/t15-,20?/m0/s1. The van der Waals surface area contributed by atoms with Gasteiger partial charge in [0.05, 0.1) is 30.3 Å². The molecule has 1 aromatic heterocycles. The summed E-state index contributed by atoms with van der Waals surface area (Å²) in [4.78, 5) is 9.21. The number of halogens is 3. The Kier molecular flexibility index (Phi) is 6.10. The van der Waals surface area contributed by atoms with Gasteiger partial charge in [0.15, 0.2) is 11.5 Å². The fourth-order valence-electron chi connectivity index (χ4n) is 4.54. The molecule has 34 heavy (non-hydrogen) atoms. The Morgan fingerprint density at radius 1 is 1.06 bits per heavy atom. The fourth-order valence-corrected chi connectivity index (χ4v) is 4.54. The van der Waals surface area contributed by atoms with Gasteiger partial charge in [-0.3, -0.25) is 0 Å². The van der Waals surface area contributed by atoms with Crippen molar-refractivity contribution >= 4 is 10.9 Å². The molecule has 2 heterocycles. The predicted molar refractivity (Wildman–Crippen MR) is 122 cm³/mol. The van der Waals surface area contributed by atoms with Gasteiger partial charge in [-0.05, 0) is 42.9 Å². The van der Waals surface area contributed by atoms with Gasteiger partial charge in [-0.2, -0.15) is 0 Å². The number of aromatic nitrogens is 2. The Morgan fingerprint density at radius 3 is 2.47 bits per heavy atom. The van der Waals surface area contributed by atoms with E-state index in [0.29, 0.717) is 62.2 Å². The van der Waals surface area contributed by atoms with Crippen LogP contribution in [0.1, 0.15) is 54.2 Å². The van der Waals surface area contributed by atoms with Gasteiger partial charge in [0, 0.05) is 17.9 Å². The maximum atomic E-state index is 15.1. The molecular weight excluding hydrogens is 445 g/mol. The molecule has 2 atom stereocenters. The average molecular weight is 473 g/mol. The van der Waals surface area contributed by atoms with E-state index in [1.807, 2.05) is 26.0 Å². The summed E-state index contributed by atoms with van der Waals surface area (Å²) in [5.74, 6) is -2.62. The van der Waals surface area contributed by atoms with Crippen LogP contribution >= 0.6 is 0 Å². The number of benzene rings is 2. The second-order valence-electron chi connectivity index (χ2n) is 9.05. The largest absolute Gasteiger partial charge is 0.487 e. The van der Waals surface area contributed by atoms with Gasteiger partial charge < -0.3 is 14.2 Å². The molecule has 1 fully saturated rings. The molecule has 5 nitrogen and oxygen atoms in total. The maximum Gasteiger partial charge on any atom is 0.256 e. The van der Waals surface area contributed by atoms with Crippen molar-refractivity contribution in [2.24, 2.45) is 0 Å². The predicted octanol–water partition coefficient (Wildman–Crippen LogP) is 5.72. The smallest absolute Gasteiger partial charge is 0.256 e. The van der Waals surface area contributed by atoms with E-state index in [1.54, 1.807) is 12.1 Å². The van der Waals surface area contributed by atoms with Crippen molar-refractivity contribution in [1.29, 1.82) is 0 Å². The zero-order valence-corrected chi connectivity index (χ0v) is 19.2. The molecule has 0 saturated heterocycles. The quantitative estimate of drug-likeness (QED) is 0.475. The van der Waals surface area contributed by atoms with Gasteiger partial charge in [0.25, 0.3) is 5.92 Å². The third kappa shape index (κ3) is 4.56. The van der Waals surface area contributed by atoms with Crippen LogP contribution in [0.5, 0.6) is 11.5 Å². The normalized spacial score (nSPS) is 20.3. The van der Waals surface area contributed by atoms with Crippen molar-refractivity contribution < 1.29 is 27.4 Å². The van der Waals surface area contributed by atoms with Gasteiger partial charge in [-0.25, -0.2) is 23.1 Å². The SMILES string of the molecule is Cc1nc(CC[C@H](C)c2cccc(C3CC3(F)F)c2F)c2cc3c(cc2n1)OCCOCCO3. The highest BCUT2D eigenvalue weighted by atomic mass is 19.3. The van der Waals surface area contributed by atoms with Gasteiger partial charge in [-0.1, -0.05) is 25.1 Å². The van der Waals surface area contributed by atoms with E-state index in [4.69, 9.17) is 14.2 Å². The molecule has 1 aliphatic heterocycles. The molecule has 1 unspecified atom stereocenters. The average Bonchev–Trinajstić information content (AvgIpc) is 3.40. The van der Waals surface area contributed by atoms with Crippen LogP contribution in [-0.4, -0.2) is 42.3 Å². The molecule has 2 aromatic carbocycles. The molecule has 0 spiro atoms. The lowest BCUT2D eigenvalue weighted by molar-refractivity contribution is 0.0877. The van der Waals surface area contributed by atoms with E-state index in [2.05, 4.69) is 9.97 Å². The van der Waals surface area contributed by atoms with Crippen LogP contribution in [0.2, 0.25) is 0 Å². The minimum atomic E-state index is -2.80. The van der Waals surface area contributed by atoms with Gasteiger partial charge in [0.1, 0.15) is 24.9 Å². The van der Waals surface area contributed by atoms with Crippen LogP contribution in [-0.2, 0) is 11.2 Å². The number of aryl methyl sites for hydroxylation is 2. The second kappa shape index (κ2) is 9.06. The summed E-state index contributed by atoms with van der Waals surface area (Å²) < 4.78 is 59.3. The van der Waals surface area contributed by atoms with Gasteiger partial charge in [-0.15, -0.1) is 0 Å². The number of alkyl halides is 2. The van der Waals surface area contributed by atoms with Crippen molar-refractivity contribution in [2.45, 2.75) is 50.9 Å². The number of fused-ring (bicyclic) bond motifs is 2. The van der Waals surface area contributed by atoms with E-state index in [-0.39, 0.29) is 17.9 Å². The summed E-state index contributed by atoms with van der Waals surface area (Å²) in [6.07, 6.45) is 0.901. The van der Waals surface area contributed by atoms with Crippen LogP contribution < -0.4 is 9.47 Å². The van der Waals surface area contributed by atoms with E-state index in [0.717, 1.165) is 16.6 Å². The third-order valence-corrected chi connectivity index (χ3v) is 6.53. The summed E-state index contributed by atoms with van der Waals surface area (Å²) >= 11 is 0. The molecule has 2 aliphatic rings. The third-order valence-electron chi connectivity index (χ3n) is 6.53. The Balaban J connectivity index is 1.40. The number of hydrogen-bond donors (Lipinski definition) is 0. The first-order valence-corrected chi connectivity index (χ1v) is 11.6. The highest BCUT2D eigenvalue weighted by Gasteiger charge is 2.58. The van der Waals surface area contributed by atoms with Crippen LogP contribution in [0.4, 0.5) is 13.2 Å². The maximum absolute atomic E-state index is 15.1. The molecule has 1 aliphatic carbocycles. The lowest BCUT2D eigenvalue weighted by Gasteiger charge is -2.17. The Hall–Kier alpha value is -2.87. The van der Waals surface area contributed by atoms with Crippen molar-refractivity contribution in [3.8, 4) is 11.5 Å². The number of rotatable bonds is 5. The van der Waals surface area contributed by atoms with Crippen molar-refractivity contribution in [2.75, 3.05) is 26.4 Å². The van der Waals surface area contributed by atoms with Crippen LogP contribution in [0.3, 0.4) is 0 Å². The molecule has 3 aromatic rings. The number of hydrogen-bond acceptors (Lipinski definition) is 5. The molecule has 0 radical (unpaired) electrons. The van der Waals surface area contributed by atoms with Crippen molar-refractivity contribution in [1.82, 2.24) is 9.97 Å². The molecule has 8 heteroatoms. The van der Waals surface area contributed by atoms with Crippen molar-refractivity contribution in [3.05, 3.63) is 58.8 Å². The van der Waals surface area contributed by atoms with Crippen molar-refractivity contribution in [3.63, 3.8) is 0 Å². The molecule has 1 saturated carbocycles. The Labute approximate surface area is 196 Å². The summed E-state index contributed by atoms with van der Waals surface area (Å²) in [6, 6.07) is 8.58.